The molecule has 0 spiro atoms. The van der Waals surface area contributed by atoms with Gasteiger partial charge in [-0.25, -0.2) is 19.3 Å². The van der Waals surface area contributed by atoms with Gasteiger partial charge >= 0.3 is 0 Å². The van der Waals surface area contributed by atoms with E-state index in [4.69, 9.17) is 10.8 Å². The fourth-order valence-electron chi connectivity index (χ4n) is 2.38. The van der Waals surface area contributed by atoms with Gasteiger partial charge in [-0.3, -0.25) is 0 Å². The van der Waals surface area contributed by atoms with Gasteiger partial charge in [0.2, 0.25) is 0 Å². The van der Waals surface area contributed by atoms with Crippen molar-refractivity contribution in [3.05, 3.63) is 48.0 Å². The number of anilines is 1. The van der Waals surface area contributed by atoms with Gasteiger partial charge < -0.3 is 16.2 Å². The molecule has 6 nitrogen and oxygen atoms in total. The van der Waals surface area contributed by atoms with Crippen molar-refractivity contribution >= 4 is 29.3 Å². The van der Waals surface area contributed by atoms with Crippen molar-refractivity contribution in [2.45, 2.75) is 19.5 Å². The summed E-state index contributed by atoms with van der Waals surface area (Å²) in [5, 5.41) is 12.2. The molecule has 0 radical (unpaired) electrons. The molecule has 1 unspecified atom stereocenters. The molecule has 1 aromatic carbocycles. The number of pyridine rings is 1. The summed E-state index contributed by atoms with van der Waals surface area (Å²) in [6, 6.07) is 8.23. The van der Waals surface area contributed by atoms with E-state index in [1.165, 1.54) is 18.5 Å². The SMILES string of the molecule is CC(CO)NCc1cc(F)cc(-c2ccc3ncnc(N)c3n2)c1.Cl. The average molecular weight is 364 g/mol. The largest absolute Gasteiger partial charge is 0.395 e. The van der Waals surface area contributed by atoms with Gasteiger partial charge in [0.05, 0.1) is 17.8 Å². The molecule has 0 bridgehead atoms. The predicted octanol–water partition coefficient (Wildman–Crippen LogP) is 2.31. The Morgan fingerprint density at radius 3 is 2.80 bits per heavy atom. The van der Waals surface area contributed by atoms with Crippen LogP contribution in [0.2, 0.25) is 0 Å². The summed E-state index contributed by atoms with van der Waals surface area (Å²) < 4.78 is 14.0. The number of halogens is 2. The number of aliphatic hydroxyl groups is 1. The Balaban J connectivity index is 0.00000225. The molecule has 0 aliphatic heterocycles. The molecule has 25 heavy (non-hydrogen) atoms. The Hall–Kier alpha value is -2.35. The van der Waals surface area contributed by atoms with Crippen LogP contribution in [0.15, 0.2) is 36.7 Å². The minimum absolute atomic E-state index is 0. The van der Waals surface area contributed by atoms with Crippen molar-refractivity contribution in [1.29, 1.82) is 0 Å². The lowest BCUT2D eigenvalue weighted by Gasteiger charge is -2.12. The number of nitrogens with zero attached hydrogens (tertiary/aromatic N) is 3. The third-order valence-electron chi connectivity index (χ3n) is 3.69. The normalized spacial score (nSPS) is 12.0. The van der Waals surface area contributed by atoms with Crippen LogP contribution in [0.3, 0.4) is 0 Å². The van der Waals surface area contributed by atoms with Gasteiger partial charge in [-0.1, -0.05) is 0 Å². The number of aliphatic hydroxyl groups excluding tert-OH is 1. The van der Waals surface area contributed by atoms with Gasteiger partial charge in [0, 0.05) is 18.2 Å². The van der Waals surface area contributed by atoms with Gasteiger partial charge in [-0.05, 0) is 42.8 Å². The molecule has 132 valence electrons. The lowest BCUT2D eigenvalue weighted by atomic mass is 10.1. The molecular weight excluding hydrogens is 345 g/mol. The van der Waals surface area contributed by atoms with E-state index in [2.05, 4.69) is 20.3 Å². The minimum Gasteiger partial charge on any atom is -0.395 e. The summed E-state index contributed by atoms with van der Waals surface area (Å²) in [7, 11) is 0. The van der Waals surface area contributed by atoms with E-state index in [-0.39, 0.29) is 36.7 Å². The highest BCUT2D eigenvalue weighted by Gasteiger charge is 2.09. The molecule has 3 rings (SSSR count). The number of hydrogen-bond acceptors (Lipinski definition) is 6. The van der Waals surface area contributed by atoms with Gasteiger partial charge in [-0.15, -0.1) is 12.4 Å². The average Bonchev–Trinajstić information content (AvgIpc) is 2.59. The number of nitrogens with one attached hydrogen (secondary N) is 1. The van der Waals surface area contributed by atoms with Crippen LogP contribution >= 0.6 is 12.4 Å². The number of aromatic nitrogens is 3. The molecular formula is C17H19ClFN5O. The molecule has 0 saturated heterocycles. The van der Waals surface area contributed by atoms with Crippen LogP contribution in [0.25, 0.3) is 22.3 Å². The summed E-state index contributed by atoms with van der Waals surface area (Å²) in [6.45, 7) is 2.33. The second-order valence-corrected chi connectivity index (χ2v) is 5.64. The number of hydrogen-bond donors (Lipinski definition) is 3. The van der Waals surface area contributed by atoms with Crippen molar-refractivity contribution in [3.63, 3.8) is 0 Å². The predicted molar refractivity (Wildman–Crippen MR) is 97.8 cm³/mol. The summed E-state index contributed by atoms with van der Waals surface area (Å²) in [6.07, 6.45) is 1.38. The van der Waals surface area contributed by atoms with E-state index in [0.29, 0.717) is 28.8 Å². The maximum atomic E-state index is 14.0. The summed E-state index contributed by atoms with van der Waals surface area (Å²) in [5.41, 5.74) is 8.98. The topological polar surface area (TPSA) is 97.0 Å². The lowest BCUT2D eigenvalue weighted by Crippen LogP contribution is -2.28. The second-order valence-electron chi connectivity index (χ2n) is 5.64. The highest BCUT2D eigenvalue weighted by Crippen LogP contribution is 2.24. The Bertz CT molecular complexity index is 877. The van der Waals surface area contributed by atoms with Gasteiger partial charge in [0.15, 0.2) is 5.82 Å². The zero-order valence-corrected chi connectivity index (χ0v) is 14.4. The first kappa shape index (κ1) is 19.0. The number of fused-ring (bicyclic) bond motifs is 1. The fraction of sp³-hybridized carbons (Fsp3) is 0.235. The third-order valence-corrected chi connectivity index (χ3v) is 3.69. The maximum absolute atomic E-state index is 14.0. The molecule has 0 saturated carbocycles. The molecule has 0 fully saturated rings. The molecule has 8 heteroatoms. The van der Waals surface area contributed by atoms with Crippen LogP contribution in [-0.2, 0) is 6.54 Å². The van der Waals surface area contributed by atoms with E-state index in [1.807, 2.05) is 13.0 Å². The monoisotopic (exact) mass is 363 g/mol. The highest BCUT2D eigenvalue weighted by atomic mass is 35.5. The van der Waals surface area contributed by atoms with Gasteiger partial charge in [0.25, 0.3) is 0 Å². The summed E-state index contributed by atoms with van der Waals surface area (Å²) in [5.74, 6) is -0.0583. The summed E-state index contributed by atoms with van der Waals surface area (Å²) in [4.78, 5) is 12.5. The lowest BCUT2D eigenvalue weighted by molar-refractivity contribution is 0.251. The van der Waals surface area contributed by atoms with E-state index >= 15 is 0 Å². The third kappa shape index (κ3) is 4.39. The maximum Gasteiger partial charge on any atom is 0.153 e. The molecule has 2 aromatic heterocycles. The first-order valence-corrected chi connectivity index (χ1v) is 7.58. The molecule has 4 N–H and O–H groups in total. The quantitative estimate of drug-likeness (QED) is 0.643. The molecule has 0 aliphatic carbocycles. The van der Waals surface area contributed by atoms with Crippen LogP contribution in [-0.4, -0.2) is 32.7 Å². The number of rotatable bonds is 5. The van der Waals surface area contributed by atoms with E-state index < -0.39 is 0 Å². The zero-order chi connectivity index (χ0) is 17.1. The summed E-state index contributed by atoms with van der Waals surface area (Å²) >= 11 is 0. The van der Waals surface area contributed by atoms with Crippen molar-refractivity contribution in [3.8, 4) is 11.3 Å². The number of benzene rings is 1. The fourth-order valence-corrected chi connectivity index (χ4v) is 2.38. The first-order valence-electron chi connectivity index (χ1n) is 7.58. The molecule has 0 aliphatic rings. The van der Waals surface area contributed by atoms with Crippen LogP contribution in [0.4, 0.5) is 10.2 Å². The smallest absolute Gasteiger partial charge is 0.153 e. The van der Waals surface area contributed by atoms with Gasteiger partial charge in [-0.2, -0.15) is 0 Å². The Kier molecular flexibility index (Phi) is 6.19. The number of nitrogen functional groups attached to an aromatic ring is 1. The van der Waals surface area contributed by atoms with Crippen LogP contribution in [0.1, 0.15) is 12.5 Å². The van der Waals surface area contributed by atoms with Crippen molar-refractivity contribution in [2.75, 3.05) is 12.3 Å². The first-order chi connectivity index (χ1) is 11.6. The highest BCUT2D eigenvalue weighted by molar-refractivity contribution is 5.86. The number of nitrogens with two attached hydrogens (primary N) is 1. The van der Waals surface area contributed by atoms with E-state index in [0.717, 1.165) is 5.56 Å². The molecule has 2 heterocycles. The zero-order valence-electron chi connectivity index (χ0n) is 13.6. The van der Waals surface area contributed by atoms with Crippen molar-refractivity contribution in [2.24, 2.45) is 0 Å². The minimum atomic E-state index is -0.347. The van der Waals surface area contributed by atoms with Crippen LogP contribution in [0, 0.1) is 5.82 Å². The molecule has 0 amide bonds. The van der Waals surface area contributed by atoms with E-state index in [9.17, 15) is 4.39 Å². The second kappa shape index (κ2) is 8.15. The van der Waals surface area contributed by atoms with Crippen molar-refractivity contribution in [1.82, 2.24) is 20.3 Å². The Labute approximate surface area is 150 Å². The van der Waals surface area contributed by atoms with E-state index in [1.54, 1.807) is 12.1 Å². The Morgan fingerprint density at radius 2 is 2.04 bits per heavy atom. The Morgan fingerprint density at radius 1 is 1.24 bits per heavy atom. The molecule has 3 aromatic rings. The van der Waals surface area contributed by atoms with Gasteiger partial charge in [0.1, 0.15) is 17.7 Å². The standard InChI is InChI=1S/C17H18FN5O.ClH/c1-10(8-24)20-7-11-4-12(6-13(18)5-11)14-2-3-15-16(23-14)17(19)22-9-21-15;/h2-6,9-10,20,24H,7-8H2,1H3,(H2,19,21,22);1H. The van der Waals surface area contributed by atoms with Crippen LogP contribution < -0.4 is 11.1 Å². The molecule has 1 atom stereocenters. The van der Waals surface area contributed by atoms with Crippen molar-refractivity contribution < 1.29 is 9.50 Å². The van der Waals surface area contributed by atoms with Crippen LogP contribution in [0.5, 0.6) is 0 Å².